The maximum atomic E-state index is 13.2. The van der Waals surface area contributed by atoms with E-state index in [1.54, 1.807) is 0 Å². The molecule has 0 unspecified atom stereocenters. The Hall–Kier alpha value is -3.03. The van der Waals surface area contributed by atoms with E-state index in [0.717, 1.165) is 6.07 Å². The lowest BCUT2D eigenvalue weighted by Gasteiger charge is -2.04. The average molecular weight is 273 g/mol. The summed E-state index contributed by atoms with van der Waals surface area (Å²) in [5.41, 5.74) is -0.470. The number of benzene rings is 1. The van der Waals surface area contributed by atoms with Gasteiger partial charge in [-0.15, -0.1) is 0 Å². The second-order valence-corrected chi connectivity index (χ2v) is 3.96. The first-order valence-electron chi connectivity index (χ1n) is 5.60. The first-order chi connectivity index (χ1) is 9.65. The Bertz CT molecular complexity index is 813. The molecule has 0 radical (unpaired) electrons. The standard InChI is InChI=1S/C12H8FN5O2/c13-7-3-1-2-6(4-7)8-11(19)16-10(17-12(8)20)9-14-5-15-18-9/h1-5H,(H,14,15,18)(H2,16,17,19,20). The number of H-pyrrole nitrogens is 2. The second-order valence-electron chi connectivity index (χ2n) is 3.96. The van der Waals surface area contributed by atoms with Gasteiger partial charge in [0.1, 0.15) is 17.7 Å². The summed E-state index contributed by atoms with van der Waals surface area (Å²) < 4.78 is 13.2. The van der Waals surface area contributed by atoms with Crippen LogP contribution in [0.2, 0.25) is 0 Å². The molecular weight excluding hydrogens is 265 g/mol. The number of aromatic nitrogens is 5. The fourth-order valence-corrected chi connectivity index (χ4v) is 1.80. The number of aromatic hydroxyl groups is 1. The number of rotatable bonds is 2. The quantitative estimate of drug-likeness (QED) is 0.647. The van der Waals surface area contributed by atoms with E-state index in [4.69, 9.17) is 0 Å². The summed E-state index contributed by atoms with van der Waals surface area (Å²) in [6.07, 6.45) is 1.24. The molecular formula is C12H8FN5O2. The molecule has 0 atom stereocenters. The van der Waals surface area contributed by atoms with Gasteiger partial charge in [0.25, 0.3) is 5.56 Å². The molecule has 0 aliphatic rings. The molecule has 3 aromatic rings. The van der Waals surface area contributed by atoms with Gasteiger partial charge in [-0.2, -0.15) is 10.1 Å². The highest BCUT2D eigenvalue weighted by Crippen LogP contribution is 2.25. The zero-order chi connectivity index (χ0) is 14.1. The summed E-state index contributed by atoms with van der Waals surface area (Å²) in [5.74, 6) is -0.764. The molecule has 3 rings (SSSR count). The summed E-state index contributed by atoms with van der Waals surface area (Å²) in [6.45, 7) is 0. The van der Waals surface area contributed by atoms with Crippen LogP contribution in [-0.4, -0.2) is 30.3 Å². The maximum Gasteiger partial charge on any atom is 0.263 e. The van der Waals surface area contributed by atoms with E-state index in [2.05, 4.69) is 25.1 Å². The monoisotopic (exact) mass is 273 g/mol. The Kier molecular flexibility index (Phi) is 2.75. The van der Waals surface area contributed by atoms with Crippen molar-refractivity contribution in [1.29, 1.82) is 0 Å². The van der Waals surface area contributed by atoms with Crippen LogP contribution in [-0.2, 0) is 0 Å². The van der Waals surface area contributed by atoms with Gasteiger partial charge in [-0.25, -0.2) is 9.37 Å². The van der Waals surface area contributed by atoms with E-state index in [0.29, 0.717) is 0 Å². The molecule has 1 aromatic carbocycles. The maximum absolute atomic E-state index is 13.2. The van der Waals surface area contributed by atoms with Crippen molar-refractivity contribution in [2.24, 2.45) is 0 Å². The third-order valence-electron chi connectivity index (χ3n) is 2.65. The summed E-state index contributed by atoms with van der Waals surface area (Å²) in [6, 6.07) is 5.32. The number of hydrogen-bond donors (Lipinski definition) is 3. The van der Waals surface area contributed by atoms with Crippen molar-refractivity contribution in [2.75, 3.05) is 0 Å². The van der Waals surface area contributed by atoms with Gasteiger partial charge >= 0.3 is 0 Å². The minimum atomic E-state index is -0.602. The summed E-state index contributed by atoms with van der Waals surface area (Å²) in [5, 5.41) is 16.0. The number of nitrogens with one attached hydrogen (secondary N) is 2. The Labute approximate surface area is 111 Å². The van der Waals surface area contributed by atoms with E-state index in [9.17, 15) is 14.3 Å². The molecule has 0 aliphatic carbocycles. The highest BCUT2D eigenvalue weighted by molar-refractivity contribution is 5.68. The predicted molar refractivity (Wildman–Crippen MR) is 67.3 cm³/mol. The van der Waals surface area contributed by atoms with Crippen LogP contribution < -0.4 is 5.56 Å². The Balaban J connectivity index is 2.17. The minimum absolute atomic E-state index is 0.0464. The highest BCUT2D eigenvalue weighted by Gasteiger charge is 2.15. The summed E-state index contributed by atoms with van der Waals surface area (Å²) in [4.78, 5) is 22.1. The first kappa shape index (κ1) is 12.0. The van der Waals surface area contributed by atoms with Crippen LogP contribution in [0.25, 0.3) is 22.8 Å². The first-order valence-corrected chi connectivity index (χ1v) is 5.60. The van der Waals surface area contributed by atoms with Gasteiger partial charge in [0.05, 0.1) is 0 Å². The predicted octanol–water partition coefficient (Wildman–Crippen LogP) is 1.07. The van der Waals surface area contributed by atoms with Crippen molar-refractivity contribution < 1.29 is 9.50 Å². The van der Waals surface area contributed by atoms with Gasteiger partial charge in [0.2, 0.25) is 5.88 Å². The molecule has 8 heteroatoms. The molecule has 2 heterocycles. The zero-order valence-corrected chi connectivity index (χ0v) is 9.96. The molecule has 2 aromatic heterocycles. The van der Waals surface area contributed by atoms with E-state index in [-0.39, 0.29) is 22.8 Å². The third kappa shape index (κ3) is 2.03. The summed E-state index contributed by atoms with van der Waals surface area (Å²) in [7, 11) is 0. The Morgan fingerprint density at radius 2 is 2.10 bits per heavy atom. The largest absolute Gasteiger partial charge is 0.493 e. The lowest BCUT2D eigenvalue weighted by molar-refractivity contribution is 0.454. The van der Waals surface area contributed by atoms with Crippen LogP contribution >= 0.6 is 0 Å². The van der Waals surface area contributed by atoms with E-state index in [1.165, 1.54) is 24.5 Å². The van der Waals surface area contributed by atoms with E-state index < -0.39 is 17.3 Å². The smallest absolute Gasteiger partial charge is 0.263 e. The second kappa shape index (κ2) is 4.57. The SMILES string of the molecule is O=c1[nH]c(-c2ncn[nH]2)nc(O)c1-c1cccc(F)c1. The van der Waals surface area contributed by atoms with Crippen molar-refractivity contribution in [1.82, 2.24) is 25.1 Å². The minimum Gasteiger partial charge on any atom is -0.493 e. The fraction of sp³-hybridized carbons (Fsp3) is 0. The number of halogens is 1. The normalized spacial score (nSPS) is 10.7. The van der Waals surface area contributed by atoms with Crippen molar-refractivity contribution in [3.8, 4) is 28.7 Å². The third-order valence-corrected chi connectivity index (χ3v) is 2.65. The van der Waals surface area contributed by atoms with Gasteiger partial charge in [-0.3, -0.25) is 9.89 Å². The number of aromatic amines is 2. The molecule has 0 amide bonds. The lowest BCUT2D eigenvalue weighted by Crippen LogP contribution is -2.12. The van der Waals surface area contributed by atoms with Gasteiger partial charge in [0.15, 0.2) is 11.6 Å². The summed E-state index contributed by atoms with van der Waals surface area (Å²) >= 11 is 0. The molecule has 20 heavy (non-hydrogen) atoms. The van der Waals surface area contributed by atoms with E-state index in [1.807, 2.05) is 0 Å². The van der Waals surface area contributed by atoms with Gasteiger partial charge in [0, 0.05) is 0 Å². The topological polar surface area (TPSA) is 108 Å². The molecule has 0 spiro atoms. The highest BCUT2D eigenvalue weighted by atomic mass is 19.1. The van der Waals surface area contributed by atoms with Crippen LogP contribution in [0.5, 0.6) is 5.88 Å². The zero-order valence-electron chi connectivity index (χ0n) is 9.96. The Morgan fingerprint density at radius 3 is 2.75 bits per heavy atom. The van der Waals surface area contributed by atoms with Crippen molar-refractivity contribution >= 4 is 0 Å². The van der Waals surface area contributed by atoms with E-state index >= 15 is 0 Å². The lowest BCUT2D eigenvalue weighted by atomic mass is 10.1. The molecule has 0 saturated heterocycles. The van der Waals surface area contributed by atoms with Gasteiger partial charge < -0.3 is 10.1 Å². The van der Waals surface area contributed by atoms with Gasteiger partial charge in [-0.05, 0) is 17.7 Å². The van der Waals surface area contributed by atoms with Crippen LogP contribution in [0.4, 0.5) is 4.39 Å². The van der Waals surface area contributed by atoms with Crippen molar-refractivity contribution in [3.05, 3.63) is 46.8 Å². The van der Waals surface area contributed by atoms with Crippen LogP contribution in [0, 0.1) is 5.82 Å². The average Bonchev–Trinajstić information content (AvgIpc) is 2.91. The molecule has 0 aliphatic heterocycles. The van der Waals surface area contributed by atoms with Gasteiger partial charge in [-0.1, -0.05) is 12.1 Å². The number of hydrogen-bond acceptors (Lipinski definition) is 5. The fourth-order valence-electron chi connectivity index (χ4n) is 1.80. The molecule has 0 saturated carbocycles. The Morgan fingerprint density at radius 1 is 1.25 bits per heavy atom. The molecule has 3 N–H and O–H groups in total. The molecule has 0 bridgehead atoms. The van der Waals surface area contributed by atoms with Crippen molar-refractivity contribution in [2.45, 2.75) is 0 Å². The molecule has 100 valence electrons. The molecule has 7 nitrogen and oxygen atoms in total. The van der Waals surface area contributed by atoms with Crippen molar-refractivity contribution in [3.63, 3.8) is 0 Å². The van der Waals surface area contributed by atoms with Crippen LogP contribution in [0.15, 0.2) is 35.4 Å². The number of nitrogens with zero attached hydrogens (tertiary/aromatic N) is 3. The molecule has 0 fully saturated rings. The van der Waals surface area contributed by atoms with Crippen LogP contribution in [0.1, 0.15) is 0 Å². The van der Waals surface area contributed by atoms with Crippen LogP contribution in [0.3, 0.4) is 0 Å².